The van der Waals surface area contributed by atoms with Crippen molar-refractivity contribution in [1.29, 1.82) is 0 Å². The summed E-state index contributed by atoms with van der Waals surface area (Å²) in [6.45, 7) is 0.859. The second-order valence-corrected chi connectivity index (χ2v) is 6.70. The fourth-order valence-corrected chi connectivity index (χ4v) is 3.13. The number of aromatic nitrogens is 1. The van der Waals surface area contributed by atoms with Gasteiger partial charge < -0.3 is 14.4 Å². The molecule has 0 aliphatic carbocycles. The predicted octanol–water partition coefficient (Wildman–Crippen LogP) is 2.66. The number of para-hydroxylation sites is 1. The van der Waals surface area contributed by atoms with E-state index in [2.05, 4.69) is 37.0 Å². The Morgan fingerprint density at radius 1 is 1.07 bits per heavy atom. The van der Waals surface area contributed by atoms with Crippen LogP contribution < -0.4 is 14.4 Å². The van der Waals surface area contributed by atoms with E-state index in [-0.39, 0.29) is 5.78 Å². The summed E-state index contributed by atoms with van der Waals surface area (Å²) >= 11 is 0. The van der Waals surface area contributed by atoms with Crippen LogP contribution in [0.15, 0.2) is 54.7 Å². The Morgan fingerprint density at radius 2 is 1.81 bits per heavy atom. The minimum atomic E-state index is -0.0778. The molecule has 27 heavy (non-hydrogen) atoms. The number of fused-ring (bicyclic) bond motifs is 1. The molecular formula is C22H25N2O3+. The lowest BCUT2D eigenvalue weighted by molar-refractivity contribution is -0.882. The van der Waals surface area contributed by atoms with E-state index in [1.807, 2.05) is 18.2 Å². The number of ether oxygens (including phenoxy) is 2. The molecule has 0 unspecified atom stereocenters. The number of methoxy groups -OCH3 is 2. The normalized spacial score (nSPS) is 11.4. The average Bonchev–Trinajstić information content (AvgIpc) is 3.02. The molecule has 140 valence electrons. The Morgan fingerprint density at radius 3 is 2.52 bits per heavy atom. The quantitative estimate of drug-likeness (QED) is 0.517. The third-order valence-corrected chi connectivity index (χ3v) is 4.39. The van der Waals surface area contributed by atoms with Crippen molar-refractivity contribution in [2.45, 2.75) is 6.67 Å². The fourth-order valence-electron chi connectivity index (χ4n) is 3.13. The number of carbonyl (C=O) groups excluding carboxylic acids is 1. The Hall–Kier alpha value is -3.05. The number of hydrogen-bond donors (Lipinski definition) is 1. The van der Waals surface area contributed by atoms with E-state index in [4.69, 9.17) is 9.47 Å². The minimum Gasteiger partial charge on any atom is -0.493 e. The number of ketones is 1. The Balaban J connectivity index is 1.91. The zero-order valence-corrected chi connectivity index (χ0v) is 16.2. The third kappa shape index (κ3) is 4.04. The van der Waals surface area contributed by atoms with Crippen molar-refractivity contribution < 1.29 is 19.2 Å². The van der Waals surface area contributed by atoms with Crippen molar-refractivity contribution in [3.05, 3.63) is 65.9 Å². The van der Waals surface area contributed by atoms with E-state index < -0.39 is 0 Å². The van der Waals surface area contributed by atoms with Gasteiger partial charge in [-0.2, -0.15) is 0 Å². The third-order valence-electron chi connectivity index (χ3n) is 4.39. The smallest absolute Gasteiger partial charge is 0.185 e. The van der Waals surface area contributed by atoms with Crippen molar-refractivity contribution in [3.63, 3.8) is 0 Å². The first-order valence-electron chi connectivity index (χ1n) is 8.85. The van der Waals surface area contributed by atoms with Gasteiger partial charge in [0.2, 0.25) is 0 Å². The molecule has 0 amide bonds. The van der Waals surface area contributed by atoms with Gasteiger partial charge in [-0.1, -0.05) is 18.2 Å². The van der Waals surface area contributed by atoms with E-state index in [1.165, 1.54) is 4.90 Å². The first-order valence-corrected chi connectivity index (χ1v) is 8.85. The van der Waals surface area contributed by atoms with Crippen molar-refractivity contribution in [2.75, 3.05) is 28.3 Å². The van der Waals surface area contributed by atoms with Crippen LogP contribution in [0.2, 0.25) is 0 Å². The first-order chi connectivity index (χ1) is 13.0. The summed E-state index contributed by atoms with van der Waals surface area (Å²) in [5, 5.41) is 1.13. The van der Waals surface area contributed by atoms with E-state index in [1.54, 1.807) is 38.5 Å². The molecule has 3 aromatic rings. The monoisotopic (exact) mass is 365 g/mol. The van der Waals surface area contributed by atoms with E-state index in [9.17, 15) is 4.79 Å². The summed E-state index contributed by atoms with van der Waals surface area (Å²) in [7, 11) is 7.36. The molecule has 1 aromatic heterocycles. The lowest BCUT2D eigenvalue weighted by Crippen LogP contribution is -3.04. The summed E-state index contributed by atoms with van der Waals surface area (Å²) in [6.07, 6.45) is 5.58. The maximum atomic E-state index is 12.6. The number of nitrogens with zero attached hydrogens (tertiary/aromatic N) is 1. The number of hydrogen-bond acceptors (Lipinski definition) is 3. The minimum absolute atomic E-state index is 0.0778. The van der Waals surface area contributed by atoms with Crippen molar-refractivity contribution >= 4 is 22.8 Å². The van der Waals surface area contributed by atoms with Crippen molar-refractivity contribution in [2.24, 2.45) is 0 Å². The van der Waals surface area contributed by atoms with E-state index in [0.717, 1.165) is 23.1 Å². The van der Waals surface area contributed by atoms with Gasteiger partial charge in [-0.15, -0.1) is 0 Å². The number of benzene rings is 2. The van der Waals surface area contributed by atoms with Crippen LogP contribution in [0, 0.1) is 0 Å². The predicted molar refractivity (Wildman–Crippen MR) is 108 cm³/mol. The van der Waals surface area contributed by atoms with E-state index >= 15 is 0 Å². The van der Waals surface area contributed by atoms with Crippen molar-refractivity contribution in [1.82, 2.24) is 4.57 Å². The zero-order chi connectivity index (χ0) is 19.4. The lowest BCUT2D eigenvalue weighted by atomic mass is 10.1. The Bertz CT molecular complexity index is 986. The van der Waals surface area contributed by atoms with Crippen LogP contribution in [0.1, 0.15) is 15.9 Å². The molecule has 0 aliphatic rings. The Labute approximate surface area is 159 Å². The molecule has 0 saturated heterocycles. The summed E-state index contributed by atoms with van der Waals surface area (Å²) in [4.78, 5) is 13.9. The lowest BCUT2D eigenvalue weighted by Gasteiger charge is -2.09. The molecule has 0 radical (unpaired) electrons. The highest BCUT2D eigenvalue weighted by molar-refractivity contribution is 6.08. The number of quaternary nitrogens is 1. The molecule has 3 rings (SSSR count). The van der Waals surface area contributed by atoms with Crippen LogP contribution in [-0.2, 0) is 6.67 Å². The van der Waals surface area contributed by atoms with Crippen LogP contribution >= 0.6 is 0 Å². The first kappa shape index (κ1) is 18.7. The molecular weight excluding hydrogens is 340 g/mol. The van der Waals surface area contributed by atoms with Gasteiger partial charge in [0.1, 0.15) is 0 Å². The summed E-state index contributed by atoms with van der Waals surface area (Å²) in [6, 6.07) is 13.4. The summed E-state index contributed by atoms with van der Waals surface area (Å²) in [5.41, 5.74) is 2.75. The topological polar surface area (TPSA) is 44.9 Å². The highest BCUT2D eigenvalue weighted by Gasteiger charge is 2.11. The molecule has 0 saturated carbocycles. The van der Waals surface area contributed by atoms with Crippen molar-refractivity contribution in [3.8, 4) is 11.5 Å². The van der Waals surface area contributed by atoms with Crippen LogP contribution in [0.5, 0.6) is 11.5 Å². The molecule has 1 heterocycles. The molecule has 5 nitrogen and oxygen atoms in total. The number of carbonyl (C=O) groups is 1. The van der Waals surface area contributed by atoms with Gasteiger partial charge in [-0.3, -0.25) is 9.36 Å². The van der Waals surface area contributed by atoms with Gasteiger partial charge >= 0.3 is 0 Å². The number of rotatable bonds is 7. The Kier molecular flexibility index (Phi) is 5.62. The molecule has 2 aromatic carbocycles. The van der Waals surface area contributed by atoms with Gasteiger partial charge in [0, 0.05) is 22.7 Å². The molecule has 0 bridgehead atoms. The molecule has 0 fully saturated rings. The van der Waals surface area contributed by atoms with Crippen LogP contribution in [0.25, 0.3) is 17.0 Å². The van der Waals surface area contributed by atoms with E-state index in [0.29, 0.717) is 17.1 Å². The molecule has 0 aliphatic heterocycles. The molecule has 0 spiro atoms. The second-order valence-electron chi connectivity index (χ2n) is 6.70. The fraction of sp³-hybridized carbons (Fsp3) is 0.227. The maximum Gasteiger partial charge on any atom is 0.185 e. The van der Waals surface area contributed by atoms with Crippen LogP contribution in [0.3, 0.4) is 0 Å². The zero-order valence-electron chi connectivity index (χ0n) is 16.2. The summed E-state index contributed by atoms with van der Waals surface area (Å²) < 4.78 is 12.7. The molecule has 5 heteroatoms. The van der Waals surface area contributed by atoms with Gasteiger partial charge in [0.25, 0.3) is 0 Å². The standard InChI is InChI=1S/C22H24N2O3/c1-23(2)15-24-14-17(18-7-5-6-8-19(18)24)9-11-20(25)16-10-12-21(26-3)22(13-16)27-4/h5-14H,15H2,1-4H3/p+1/b11-9+. The van der Waals surface area contributed by atoms with Crippen LogP contribution in [0.4, 0.5) is 0 Å². The highest BCUT2D eigenvalue weighted by atomic mass is 16.5. The second kappa shape index (κ2) is 8.10. The average molecular weight is 365 g/mol. The van der Waals surface area contributed by atoms with Gasteiger partial charge in [0.15, 0.2) is 24.0 Å². The maximum absolute atomic E-state index is 12.6. The van der Waals surface area contributed by atoms with Gasteiger partial charge in [-0.25, -0.2) is 0 Å². The summed E-state index contributed by atoms with van der Waals surface area (Å²) in [5.74, 6) is 1.07. The number of allylic oxidation sites excluding steroid dienone is 1. The molecule has 1 N–H and O–H groups in total. The number of nitrogens with one attached hydrogen (secondary N) is 1. The van der Waals surface area contributed by atoms with Crippen LogP contribution in [-0.4, -0.2) is 38.7 Å². The SMILES string of the molecule is COc1ccc(C(=O)/C=C/c2cn(C[NH+](C)C)c3ccccc23)cc1OC. The largest absolute Gasteiger partial charge is 0.493 e. The van der Waals surface area contributed by atoms with Gasteiger partial charge in [0.05, 0.1) is 33.8 Å². The highest BCUT2D eigenvalue weighted by Crippen LogP contribution is 2.28. The molecule has 0 atom stereocenters. The van der Waals surface area contributed by atoms with Gasteiger partial charge in [-0.05, 0) is 36.4 Å².